The number of benzene rings is 1. The van der Waals surface area contributed by atoms with Crippen LogP contribution >= 0.6 is 0 Å². The molecule has 1 unspecified atom stereocenters. The second-order valence-corrected chi connectivity index (χ2v) is 4.12. The zero-order valence-corrected chi connectivity index (χ0v) is 10.9. The molecule has 1 atom stereocenters. The maximum atomic E-state index is 8.55. The number of rotatable bonds is 7. The fourth-order valence-electron chi connectivity index (χ4n) is 1.50. The van der Waals surface area contributed by atoms with Crippen LogP contribution in [0.5, 0.6) is 0 Å². The van der Waals surface area contributed by atoms with Crippen LogP contribution in [0.3, 0.4) is 0 Å². The summed E-state index contributed by atoms with van der Waals surface area (Å²) in [6, 6.07) is 7.88. The zero-order chi connectivity index (χ0) is 13.4. The van der Waals surface area contributed by atoms with Gasteiger partial charge < -0.3 is 21.0 Å². The number of hydrogen-bond acceptors (Lipinski definition) is 4. The van der Waals surface area contributed by atoms with Gasteiger partial charge in [0.25, 0.3) is 0 Å². The second kappa shape index (κ2) is 7.68. The molecule has 0 aliphatic rings. The summed E-state index contributed by atoms with van der Waals surface area (Å²) in [7, 11) is 0. The highest BCUT2D eigenvalue weighted by Crippen LogP contribution is 2.04. The molecule has 0 amide bonds. The third kappa shape index (κ3) is 4.73. The van der Waals surface area contributed by atoms with Gasteiger partial charge in [-0.15, -0.1) is 0 Å². The SMILES string of the molecule is CCOCC(C)NCc1ccc(C(N)=NO)cc1. The molecular formula is C13H21N3O2. The first-order valence-corrected chi connectivity index (χ1v) is 6.05. The molecular weight excluding hydrogens is 230 g/mol. The molecule has 0 fully saturated rings. The van der Waals surface area contributed by atoms with Crippen LogP contribution in [-0.4, -0.2) is 30.3 Å². The van der Waals surface area contributed by atoms with Crippen molar-refractivity contribution in [1.29, 1.82) is 0 Å². The largest absolute Gasteiger partial charge is 0.409 e. The van der Waals surface area contributed by atoms with E-state index in [9.17, 15) is 0 Å². The quantitative estimate of drug-likeness (QED) is 0.295. The molecule has 0 radical (unpaired) electrons. The number of hydrogen-bond donors (Lipinski definition) is 3. The van der Waals surface area contributed by atoms with Gasteiger partial charge in [-0.3, -0.25) is 0 Å². The van der Waals surface area contributed by atoms with Gasteiger partial charge in [-0.05, 0) is 19.4 Å². The van der Waals surface area contributed by atoms with Gasteiger partial charge in [0.05, 0.1) is 6.61 Å². The minimum Gasteiger partial charge on any atom is -0.409 e. The lowest BCUT2D eigenvalue weighted by molar-refractivity contribution is 0.127. The molecule has 1 aromatic carbocycles. The van der Waals surface area contributed by atoms with Crippen molar-refractivity contribution in [3.05, 3.63) is 35.4 Å². The number of nitrogens with two attached hydrogens (primary N) is 1. The van der Waals surface area contributed by atoms with Crippen molar-refractivity contribution in [1.82, 2.24) is 5.32 Å². The van der Waals surface area contributed by atoms with Gasteiger partial charge in [-0.2, -0.15) is 0 Å². The summed E-state index contributed by atoms with van der Waals surface area (Å²) >= 11 is 0. The predicted molar refractivity (Wildman–Crippen MR) is 71.7 cm³/mol. The Bertz CT molecular complexity index is 376. The minimum absolute atomic E-state index is 0.124. The third-order valence-corrected chi connectivity index (χ3v) is 2.58. The summed E-state index contributed by atoms with van der Waals surface area (Å²) in [4.78, 5) is 0. The first-order chi connectivity index (χ1) is 8.67. The number of oxime groups is 1. The summed E-state index contributed by atoms with van der Waals surface area (Å²) in [6.07, 6.45) is 0. The summed E-state index contributed by atoms with van der Waals surface area (Å²) < 4.78 is 5.33. The van der Waals surface area contributed by atoms with E-state index >= 15 is 0 Å². The average molecular weight is 251 g/mol. The summed E-state index contributed by atoms with van der Waals surface area (Å²) in [5.41, 5.74) is 7.35. The molecule has 0 heterocycles. The van der Waals surface area contributed by atoms with Crippen LogP contribution in [0.2, 0.25) is 0 Å². The van der Waals surface area contributed by atoms with Gasteiger partial charge in [-0.25, -0.2) is 0 Å². The van der Waals surface area contributed by atoms with Crippen LogP contribution in [0.25, 0.3) is 0 Å². The number of amidine groups is 1. The molecule has 1 rings (SSSR count). The smallest absolute Gasteiger partial charge is 0.170 e. The molecule has 0 aliphatic heterocycles. The van der Waals surface area contributed by atoms with Crippen molar-refractivity contribution in [3.8, 4) is 0 Å². The van der Waals surface area contributed by atoms with E-state index in [0.29, 0.717) is 18.2 Å². The van der Waals surface area contributed by atoms with E-state index in [1.165, 1.54) is 0 Å². The van der Waals surface area contributed by atoms with Gasteiger partial charge in [0.15, 0.2) is 5.84 Å². The first-order valence-electron chi connectivity index (χ1n) is 6.05. The molecule has 1 aromatic rings. The molecule has 18 heavy (non-hydrogen) atoms. The highest BCUT2D eigenvalue weighted by molar-refractivity contribution is 5.96. The maximum Gasteiger partial charge on any atom is 0.170 e. The van der Waals surface area contributed by atoms with E-state index in [1.807, 2.05) is 31.2 Å². The van der Waals surface area contributed by atoms with Crippen molar-refractivity contribution in [2.24, 2.45) is 10.9 Å². The Morgan fingerprint density at radius 1 is 1.44 bits per heavy atom. The molecule has 4 N–H and O–H groups in total. The minimum atomic E-state index is 0.124. The highest BCUT2D eigenvalue weighted by Gasteiger charge is 2.02. The molecule has 0 saturated carbocycles. The molecule has 0 aliphatic carbocycles. The lowest BCUT2D eigenvalue weighted by Gasteiger charge is -2.13. The van der Waals surface area contributed by atoms with Crippen LogP contribution in [0, 0.1) is 0 Å². The fourth-order valence-corrected chi connectivity index (χ4v) is 1.50. The van der Waals surface area contributed by atoms with Gasteiger partial charge in [0.2, 0.25) is 0 Å². The lowest BCUT2D eigenvalue weighted by Crippen LogP contribution is -2.30. The van der Waals surface area contributed by atoms with E-state index in [2.05, 4.69) is 17.4 Å². The van der Waals surface area contributed by atoms with Crippen molar-refractivity contribution in [2.75, 3.05) is 13.2 Å². The topological polar surface area (TPSA) is 79.9 Å². The Balaban J connectivity index is 2.44. The number of ether oxygens (including phenoxy) is 1. The van der Waals surface area contributed by atoms with E-state index in [4.69, 9.17) is 15.7 Å². The summed E-state index contributed by atoms with van der Waals surface area (Å²) in [5, 5.41) is 14.9. The average Bonchev–Trinajstić information content (AvgIpc) is 2.42. The van der Waals surface area contributed by atoms with Gasteiger partial charge in [0.1, 0.15) is 0 Å². The van der Waals surface area contributed by atoms with E-state index in [0.717, 1.165) is 18.7 Å². The fraction of sp³-hybridized carbons (Fsp3) is 0.462. The monoisotopic (exact) mass is 251 g/mol. The van der Waals surface area contributed by atoms with Crippen molar-refractivity contribution < 1.29 is 9.94 Å². The molecule has 0 saturated heterocycles. The van der Waals surface area contributed by atoms with Crippen LogP contribution in [0.4, 0.5) is 0 Å². The number of nitrogens with zero attached hydrogens (tertiary/aromatic N) is 1. The molecule has 0 aromatic heterocycles. The van der Waals surface area contributed by atoms with Crippen molar-refractivity contribution in [2.45, 2.75) is 26.4 Å². The van der Waals surface area contributed by atoms with E-state index in [1.54, 1.807) is 0 Å². The Kier molecular flexibility index (Phi) is 6.18. The second-order valence-electron chi connectivity index (χ2n) is 4.12. The van der Waals surface area contributed by atoms with Crippen molar-refractivity contribution >= 4 is 5.84 Å². The normalized spacial score (nSPS) is 13.6. The van der Waals surface area contributed by atoms with Crippen LogP contribution in [-0.2, 0) is 11.3 Å². The Labute approximate surface area is 108 Å². The van der Waals surface area contributed by atoms with Crippen LogP contribution in [0.1, 0.15) is 25.0 Å². The standard InChI is InChI=1S/C13H21N3O2/c1-3-18-9-10(2)15-8-11-4-6-12(7-5-11)13(14)16-17/h4-7,10,15,17H,3,8-9H2,1-2H3,(H2,14,16). The first kappa shape index (κ1) is 14.5. The molecule has 0 spiro atoms. The molecule has 5 nitrogen and oxygen atoms in total. The molecule has 100 valence electrons. The van der Waals surface area contributed by atoms with Crippen LogP contribution < -0.4 is 11.1 Å². The summed E-state index contributed by atoms with van der Waals surface area (Å²) in [5.74, 6) is 0.124. The summed E-state index contributed by atoms with van der Waals surface area (Å²) in [6.45, 7) is 6.28. The van der Waals surface area contributed by atoms with E-state index in [-0.39, 0.29) is 5.84 Å². The van der Waals surface area contributed by atoms with Gasteiger partial charge in [-0.1, -0.05) is 29.4 Å². The third-order valence-electron chi connectivity index (χ3n) is 2.58. The Morgan fingerprint density at radius 3 is 2.67 bits per heavy atom. The molecule has 0 bridgehead atoms. The number of nitrogens with one attached hydrogen (secondary N) is 1. The van der Waals surface area contributed by atoms with Gasteiger partial charge >= 0.3 is 0 Å². The molecule has 5 heteroatoms. The highest BCUT2D eigenvalue weighted by atomic mass is 16.5. The Morgan fingerprint density at radius 2 is 2.11 bits per heavy atom. The van der Waals surface area contributed by atoms with Crippen LogP contribution in [0.15, 0.2) is 29.4 Å². The van der Waals surface area contributed by atoms with Gasteiger partial charge in [0, 0.05) is 24.8 Å². The van der Waals surface area contributed by atoms with E-state index < -0.39 is 0 Å². The zero-order valence-electron chi connectivity index (χ0n) is 10.9. The van der Waals surface area contributed by atoms with Crippen molar-refractivity contribution in [3.63, 3.8) is 0 Å². The predicted octanol–water partition coefficient (Wildman–Crippen LogP) is 1.30. The maximum absolute atomic E-state index is 8.55. The Hall–Kier alpha value is -1.59. The lowest BCUT2D eigenvalue weighted by atomic mass is 10.1.